The van der Waals surface area contributed by atoms with E-state index in [1.54, 1.807) is 6.07 Å². The number of carbonyl (C=O) groups is 3. The average Bonchev–Trinajstić information content (AvgIpc) is 2.60. The fraction of sp³-hybridized carbons (Fsp3) is 0.167. The highest BCUT2D eigenvalue weighted by atomic mass is 32.2. The minimum atomic E-state index is -0.656. The van der Waals surface area contributed by atoms with Crippen LogP contribution in [0.2, 0.25) is 0 Å². The lowest BCUT2D eigenvalue weighted by Crippen LogP contribution is -2.31. The lowest BCUT2D eigenvalue weighted by Gasteiger charge is -2.23. The van der Waals surface area contributed by atoms with Crippen molar-refractivity contribution in [2.75, 3.05) is 11.9 Å². The van der Waals surface area contributed by atoms with Crippen molar-refractivity contribution >= 4 is 35.1 Å². The molecule has 1 aliphatic rings. The highest BCUT2D eigenvalue weighted by Gasteiger charge is 2.29. The van der Waals surface area contributed by atoms with Crippen LogP contribution in [0.25, 0.3) is 0 Å². The largest absolute Gasteiger partial charge is 0.457 e. The van der Waals surface area contributed by atoms with E-state index in [-0.39, 0.29) is 17.9 Å². The molecule has 5 nitrogen and oxygen atoms in total. The number of amides is 1. The molecule has 1 aliphatic heterocycles. The van der Waals surface area contributed by atoms with Gasteiger partial charge in [0.2, 0.25) is 5.91 Å². The Hall–Kier alpha value is -2.67. The SMILES string of the molecule is O=C(C[C@@H]1Sc2ccccc2NC1=O)OCC(=O)c1cccc(F)c1. The van der Waals surface area contributed by atoms with E-state index in [0.717, 1.165) is 11.0 Å². The molecule has 3 rings (SSSR count). The highest BCUT2D eigenvalue weighted by Crippen LogP contribution is 2.36. The van der Waals surface area contributed by atoms with Gasteiger partial charge in [0.25, 0.3) is 0 Å². The van der Waals surface area contributed by atoms with Gasteiger partial charge in [-0.3, -0.25) is 14.4 Å². The first kappa shape index (κ1) is 17.2. The minimum Gasteiger partial charge on any atom is -0.457 e. The molecule has 7 heteroatoms. The summed E-state index contributed by atoms with van der Waals surface area (Å²) in [5.74, 6) is -1.97. The van der Waals surface area contributed by atoms with Gasteiger partial charge in [0.05, 0.1) is 17.4 Å². The number of ketones is 1. The summed E-state index contributed by atoms with van der Waals surface area (Å²) in [6.07, 6.45) is -0.152. The second kappa shape index (κ2) is 7.48. The quantitative estimate of drug-likeness (QED) is 0.656. The molecule has 1 heterocycles. The van der Waals surface area contributed by atoms with E-state index in [1.165, 1.54) is 30.0 Å². The monoisotopic (exact) mass is 359 g/mol. The molecule has 0 spiro atoms. The van der Waals surface area contributed by atoms with E-state index < -0.39 is 29.4 Å². The summed E-state index contributed by atoms with van der Waals surface area (Å²) in [4.78, 5) is 36.7. The Morgan fingerprint density at radius 2 is 1.96 bits per heavy atom. The molecule has 0 saturated carbocycles. The Labute approximate surface area is 147 Å². The van der Waals surface area contributed by atoms with Gasteiger partial charge in [-0.2, -0.15) is 0 Å². The molecule has 2 aromatic carbocycles. The molecule has 0 aliphatic carbocycles. The van der Waals surface area contributed by atoms with Crippen LogP contribution < -0.4 is 5.32 Å². The van der Waals surface area contributed by atoms with Crippen LogP contribution in [0.3, 0.4) is 0 Å². The molecular formula is C18H14FNO4S. The molecule has 0 fully saturated rings. The third-order valence-electron chi connectivity index (χ3n) is 3.57. The third-order valence-corrected chi connectivity index (χ3v) is 4.84. The number of esters is 1. The van der Waals surface area contributed by atoms with Gasteiger partial charge in [-0.05, 0) is 24.3 Å². The molecule has 1 atom stereocenters. The summed E-state index contributed by atoms with van der Waals surface area (Å²) in [6.45, 7) is -0.488. The lowest BCUT2D eigenvalue weighted by molar-refractivity contribution is -0.143. The Morgan fingerprint density at radius 1 is 1.16 bits per heavy atom. The first-order valence-electron chi connectivity index (χ1n) is 7.54. The zero-order valence-corrected chi connectivity index (χ0v) is 13.8. The van der Waals surface area contributed by atoms with Crippen molar-refractivity contribution in [1.29, 1.82) is 0 Å². The van der Waals surface area contributed by atoms with Crippen molar-refractivity contribution in [1.82, 2.24) is 0 Å². The van der Waals surface area contributed by atoms with E-state index >= 15 is 0 Å². The topological polar surface area (TPSA) is 72.5 Å². The fourth-order valence-corrected chi connectivity index (χ4v) is 3.42. The number of thioether (sulfide) groups is 1. The maximum absolute atomic E-state index is 13.1. The van der Waals surface area contributed by atoms with Crippen LogP contribution in [0.15, 0.2) is 53.4 Å². The van der Waals surface area contributed by atoms with Crippen LogP contribution in [0, 0.1) is 5.82 Å². The first-order chi connectivity index (χ1) is 12.0. The summed E-state index contributed by atoms with van der Waals surface area (Å²) in [6, 6.07) is 12.4. The second-order valence-corrected chi connectivity index (χ2v) is 6.63. The lowest BCUT2D eigenvalue weighted by atomic mass is 10.1. The summed E-state index contributed by atoms with van der Waals surface area (Å²) in [5, 5.41) is 2.12. The third kappa shape index (κ3) is 4.24. The van der Waals surface area contributed by atoms with E-state index in [4.69, 9.17) is 4.74 Å². The molecule has 0 saturated heterocycles. The van der Waals surface area contributed by atoms with Crippen molar-refractivity contribution in [3.05, 3.63) is 59.9 Å². The number of halogens is 1. The van der Waals surface area contributed by atoms with Gasteiger partial charge in [-0.25, -0.2) is 4.39 Å². The number of carbonyl (C=O) groups excluding carboxylic acids is 3. The summed E-state index contributed by atoms with van der Waals surface area (Å²) < 4.78 is 18.0. The average molecular weight is 359 g/mol. The fourth-order valence-electron chi connectivity index (χ4n) is 2.33. The van der Waals surface area contributed by atoms with Crippen molar-refractivity contribution in [3.63, 3.8) is 0 Å². The number of fused-ring (bicyclic) bond motifs is 1. The second-order valence-electron chi connectivity index (χ2n) is 5.39. The summed E-state index contributed by atoms with van der Waals surface area (Å²) in [7, 11) is 0. The molecule has 0 radical (unpaired) electrons. The van der Waals surface area contributed by atoms with Crippen LogP contribution in [0.1, 0.15) is 16.8 Å². The standard InChI is InChI=1S/C18H14FNO4S/c19-12-5-3-4-11(8-12)14(21)10-24-17(22)9-16-18(23)20-13-6-1-2-7-15(13)25-16/h1-8,16H,9-10H2,(H,20,23)/t16-/m0/s1. The van der Waals surface area contributed by atoms with Crippen LogP contribution >= 0.6 is 11.8 Å². The Bertz CT molecular complexity index is 839. The van der Waals surface area contributed by atoms with E-state index in [9.17, 15) is 18.8 Å². The summed E-state index contributed by atoms with van der Waals surface area (Å²) >= 11 is 1.28. The van der Waals surface area contributed by atoms with Crippen molar-refractivity contribution in [2.45, 2.75) is 16.6 Å². The van der Waals surface area contributed by atoms with Crippen molar-refractivity contribution in [3.8, 4) is 0 Å². The van der Waals surface area contributed by atoms with Gasteiger partial charge in [0.15, 0.2) is 12.4 Å². The van der Waals surface area contributed by atoms with Crippen LogP contribution in [-0.4, -0.2) is 29.5 Å². The number of benzene rings is 2. The number of rotatable bonds is 5. The number of ether oxygens (including phenoxy) is 1. The van der Waals surface area contributed by atoms with Crippen molar-refractivity contribution in [2.24, 2.45) is 0 Å². The van der Waals surface area contributed by atoms with Gasteiger partial charge in [-0.1, -0.05) is 24.3 Å². The minimum absolute atomic E-state index is 0.131. The number of anilines is 1. The molecule has 25 heavy (non-hydrogen) atoms. The predicted molar refractivity (Wildman–Crippen MR) is 91.0 cm³/mol. The molecule has 0 aromatic heterocycles. The van der Waals surface area contributed by atoms with Crippen LogP contribution in [-0.2, 0) is 14.3 Å². The van der Waals surface area contributed by atoms with Gasteiger partial charge in [-0.15, -0.1) is 11.8 Å². The van der Waals surface area contributed by atoms with Gasteiger partial charge < -0.3 is 10.1 Å². The zero-order valence-electron chi connectivity index (χ0n) is 13.0. The van der Waals surface area contributed by atoms with Crippen LogP contribution in [0.4, 0.5) is 10.1 Å². The van der Waals surface area contributed by atoms with Gasteiger partial charge >= 0.3 is 5.97 Å². The van der Waals surface area contributed by atoms with Gasteiger partial charge in [0, 0.05) is 10.5 Å². The van der Waals surface area contributed by atoms with E-state index in [2.05, 4.69) is 5.32 Å². The maximum atomic E-state index is 13.1. The molecular weight excluding hydrogens is 345 g/mol. The molecule has 2 aromatic rings. The predicted octanol–water partition coefficient (Wildman–Crippen LogP) is 3.05. The normalized spacial score (nSPS) is 15.9. The molecule has 1 amide bonds. The molecule has 128 valence electrons. The number of hydrogen-bond donors (Lipinski definition) is 1. The Morgan fingerprint density at radius 3 is 2.76 bits per heavy atom. The maximum Gasteiger partial charge on any atom is 0.307 e. The number of para-hydroxylation sites is 1. The van der Waals surface area contributed by atoms with Crippen LogP contribution in [0.5, 0.6) is 0 Å². The van der Waals surface area contributed by atoms with E-state index in [1.807, 2.05) is 18.2 Å². The molecule has 0 unspecified atom stereocenters. The van der Waals surface area contributed by atoms with Gasteiger partial charge in [0.1, 0.15) is 5.82 Å². The summed E-state index contributed by atoms with van der Waals surface area (Å²) in [5.41, 5.74) is 0.843. The molecule has 0 bridgehead atoms. The zero-order chi connectivity index (χ0) is 17.8. The number of Topliss-reactive ketones (excluding diaryl/α,β-unsaturated/α-hetero) is 1. The number of hydrogen-bond acceptors (Lipinski definition) is 5. The van der Waals surface area contributed by atoms with E-state index in [0.29, 0.717) is 5.69 Å². The van der Waals surface area contributed by atoms with Crippen molar-refractivity contribution < 1.29 is 23.5 Å². The highest BCUT2D eigenvalue weighted by molar-refractivity contribution is 8.01. The first-order valence-corrected chi connectivity index (χ1v) is 8.42. The number of nitrogens with one attached hydrogen (secondary N) is 1. The smallest absolute Gasteiger partial charge is 0.307 e. The Kier molecular flexibility index (Phi) is 5.14. The Balaban J connectivity index is 1.54. The molecule has 1 N–H and O–H groups in total.